The van der Waals surface area contributed by atoms with Gasteiger partial charge in [0.2, 0.25) is 17.7 Å². The summed E-state index contributed by atoms with van der Waals surface area (Å²) in [5.74, 6) is 1.58. The second-order valence-electron chi connectivity index (χ2n) is 7.24. The van der Waals surface area contributed by atoms with Crippen molar-refractivity contribution in [3.05, 3.63) is 34.5 Å². The van der Waals surface area contributed by atoms with E-state index in [1.54, 1.807) is 17.2 Å². The van der Waals surface area contributed by atoms with E-state index in [0.29, 0.717) is 44.1 Å². The van der Waals surface area contributed by atoms with Crippen LogP contribution in [0.4, 0.5) is 5.82 Å². The molecular weight excluding hydrogens is 438 g/mol. The zero-order valence-electron chi connectivity index (χ0n) is 16.6. The average Bonchev–Trinajstić information content (AvgIpc) is 3.17. The first-order valence-corrected chi connectivity index (χ1v) is 10.9. The number of nitrogens with one attached hydrogen (secondary N) is 1. The van der Waals surface area contributed by atoms with Gasteiger partial charge in [0.25, 0.3) is 0 Å². The maximum Gasteiger partial charge on any atom is 0.230 e. The summed E-state index contributed by atoms with van der Waals surface area (Å²) >= 11 is 3.32. The lowest BCUT2D eigenvalue weighted by molar-refractivity contribution is -0.134. The molecule has 0 radical (unpaired) electrons. The predicted octanol–water partition coefficient (Wildman–Crippen LogP) is 3.38. The van der Waals surface area contributed by atoms with Crippen molar-refractivity contribution >= 4 is 33.6 Å². The summed E-state index contributed by atoms with van der Waals surface area (Å²) in [6.07, 6.45) is 6.66. The van der Waals surface area contributed by atoms with Crippen LogP contribution in [0, 0.1) is 5.92 Å². The number of rotatable bonds is 8. The quantitative estimate of drug-likeness (QED) is 0.643. The van der Waals surface area contributed by atoms with Crippen LogP contribution >= 0.6 is 15.9 Å². The summed E-state index contributed by atoms with van der Waals surface area (Å²) in [6, 6.07) is 3.57. The van der Waals surface area contributed by atoms with Crippen LogP contribution in [0.15, 0.2) is 27.3 Å². The molecular formula is C20H26BrN5O3. The highest BCUT2D eigenvalue weighted by molar-refractivity contribution is 9.10. The lowest BCUT2D eigenvalue weighted by Crippen LogP contribution is -2.43. The fourth-order valence-electron chi connectivity index (χ4n) is 3.36. The lowest BCUT2D eigenvalue weighted by atomic mass is 9.96. The summed E-state index contributed by atoms with van der Waals surface area (Å²) in [5, 5.41) is 6.77. The molecule has 2 aromatic rings. The number of hydrogen-bond donors (Lipinski definition) is 1. The zero-order valence-corrected chi connectivity index (χ0v) is 18.2. The Hall–Kier alpha value is -2.29. The van der Waals surface area contributed by atoms with Gasteiger partial charge in [0.15, 0.2) is 5.82 Å². The van der Waals surface area contributed by atoms with E-state index in [4.69, 9.17) is 4.52 Å². The maximum absolute atomic E-state index is 12.6. The molecule has 0 bridgehead atoms. The SMILES string of the molecule is CCCc1noc(CCCC(=O)N2CCCC(C(=O)Nc3ccc(Br)cn3)C2)n1. The molecule has 0 aromatic carbocycles. The monoisotopic (exact) mass is 463 g/mol. The van der Waals surface area contributed by atoms with E-state index in [9.17, 15) is 9.59 Å². The Morgan fingerprint density at radius 2 is 2.21 bits per heavy atom. The topological polar surface area (TPSA) is 101 Å². The molecule has 1 saturated heterocycles. The Balaban J connectivity index is 1.44. The molecule has 0 spiro atoms. The van der Waals surface area contributed by atoms with Gasteiger partial charge in [-0.25, -0.2) is 4.98 Å². The second-order valence-corrected chi connectivity index (χ2v) is 8.15. The number of piperidine rings is 1. The molecule has 156 valence electrons. The van der Waals surface area contributed by atoms with Crippen LogP contribution in [0.3, 0.4) is 0 Å². The van der Waals surface area contributed by atoms with Crippen LogP contribution < -0.4 is 5.32 Å². The molecule has 9 heteroatoms. The van der Waals surface area contributed by atoms with Crippen LogP contribution in [0.25, 0.3) is 0 Å². The molecule has 8 nitrogen and oxygen atoms in total. The molecule has 2 aromatic heterocycles. The summed E-state index contributed by atoms with van der Waals surface area (Å²) in [5.41, 5.74) is 0. The summed E-state index contributed by atoms with van der Waals surface area (Å²) in [7, 11) is 0. The molecule has 1 fully saturated rings. The van der Waals surface area contributed by atoms with Crippen molar-refractivity contribution in [3.8, 4) is 0 Å². The number of carbonyl (C=O) groups is 2. The number of carbonyl (C=O) groups excluding carboxylic acids is 2. The van der Waals surface area contributed by atoms with Crippen LogP contribution in [0.2, 0.25) is 0 Å². The normalized spacial score (nSPS) is 16.6. The summed E-state index contributed by atoms with van der Waals surface area (Å²) < 4.78 is 6.06. The van der Waals surface area contributed by atoms with Crippen molar-refractivity contribution in [2.75, 3.05) is 18.4 Å². The van der Waals surface area contributed by atoms with E-state index in [0.717, 1.165) is 36.0 Å². The fourth-order valence-corrected chi connectivity index (χ4v) is 3.60. The van der Waals surface area contributed by atoms with Gasteiger partial charge in [-0.1, -0.05) is 12.1 Å². The highest BCUT2D eigenvalue weighted by atomic mass is 79.9. The maximum atomic E-state index is 12.6. The van der Waals surface area contributed by atoms with Gasteiger partial charge >= 0.3 is 0 Å². The fraction of sp³-hybridized carbons (Fsp3) is 0.550. The van der Waals surface area contributed by atoms with Crippen molar-refractivity contribution in [1.29, 1.82) is 0 Å². The molecule has 1 unspecified atom stereocenters. The Morgan fingerprint density at radius 3 is 2.97 bits per heavy atom. The molecule has 0 aliphatic carbocycles. The molecule has 2 amide bonds. The first-order valence-electron chi connectivity index (χ1n) is 10.1. The molecule has 29 heavy (non-hydrogen) atoms. The van der Waals surface area contributed by atoms with Gasteiger partial charge in [0, 0.05) is 43.0 Å². The number of hydrogen-bond acceptors (Lipinski definition) is 6. The third kappa shape index (κ3) is 6.35. The number of likely N-dealkylation sites (tertiary alicyclic amines) is 1. The molecule has 3 rings (SSSR count). The summed E-state index contributed by atoms with van der Waals surface area (Å²) in [6.45, 7) is 3.21. The van der Waals surface area contributed by atoms with E-state index >= 15 is 0 Å². The highest BCUT2D eigenvalue weighted by Crippen LogP contribution is 2.20. The van der Waals surface area contributed by atoms with Gasteiger partial charge in [-0.05, 0) is 53.7 Å². The highest BCUT2D eigenvalue weighted by Gasteiger charge is 2.28. The van der Waals surface area contributed by atoms with Crippen LogP contribution in [0.5, 0.6) is 0 Å². The smallest absolute Gasteiger partial charge is 0.230 e. The van der Waals surface area contributed by atoms with Crippen LogP contribution in [-0.4, -0.2) is 44.9 Å². The van der Waals surface area contributed by atoms with E-state index < -0.39 is 0 Å². The number of nitrogens with zero attached hydrogens (tertiary/aromatic N) is 4. The molecule has 1 aliphatic rings. The molecule has 1 aliphatic heterocycles. The predicted molar refractivity (Wildman–Crippen MR) is 111 cm³/mol. The van der Waals surface area contributed by atoms with Crippen molar-refractivity contribution in [2.24, 2.45) is 5.92 Å². The third-order valence-corrected chi connectivity index (χ3v) is 5.36. The minimum absolute atomic E-state index is 0.0672. The number of aromatic nitrogens is 3. The Morgan fingerprint density at radius 1 is 1.34 bits per heavy atom. The van der Waals surface area contributed by atoms with Crippen molar-refractivity contribution in [1.82, 2.24) is 20.0 Å². The first kappa shape index (κ1) is 21.4. The lowest BCUT2D eigenvalue weighted by Gasteiger charge is -2.32. The number of halogens is 1. The minimum Gasteiger partial charge on any atom is -0.342 e. The van der Waals surface area contributed by atoms with Crippen LogP contribution in [0.1, 0.15) is 50.7 Å². The van der Waals surface area contributed by atoms with Crippen LogP contribution in [-0.2, 0) is 22.4 Å². The average molecular weight is 464 g/mol. The molecule has 1 atom stereocenters. The number of amides is 2. The van der Waals surface area contributed by atoms with Gasteiger partial charge in [0.05, 0.1) is 5.92 Å². The van der Waals surface area contributed by atoms with Crippen molar-refractivity contribution in [2.45, 2.75) is 51.9 Å². The van der Waals surface area contributed by atoms with E-state index in [1.165, 1.54) is 0 Å². The first-order chi connectivity index (χ1) is 14.0. The standard InChI is InChI=1S/C20H26BrN5O3/c1-2-5-17-23-18(29-25-17)7-3-8-19(27)26-11-4-6-14(13-26)20(28)24-16-10-9-15(21)12-22-16/h9-10,12,14H,2-8,11,13H2,1H3,(H,22,24,28). The van der Waals surface area contributed by atoms with Gasteiger partial charge < -0.3 is 14.7 Å². The molecule has 1 N–H and O–H groups in total. The van der Waals surface area contributed by atoms with E-state index in [2.05, 4.69) is 43.3 Å². The van der Waals surface area contributed by atoms with Gasteiger partial charge in [-0.3, -0.25) is 9.59 Å². The van der Waals surface area contributed by atoms with Gasteiger partial charge in [0.1, 0.15) is 5.82 Å². The van der Waals surface area contributed by atoms with Crippen molar-refractivity contribution < 1.29 is 14.1 Å². The van der Waals surface area contributed by atoms with Gasteiger partial charge in [-0.15, -0.1) is 0 Å². The number of pyridine rings is 1. The van der Waals surface area contributed by atoms with E-state index in [-0.39, 0.29) is 17.7 Å². The number of aryl methyl sites for hydroxylation is 2. The van der Waals surface area contributed by atoms with E-state index in [1.807, 2.05) is 6.07 Å². The van der Waals surface area contributed by atoms with Gasteiger partial charge in [-0.2, -0.15) is 4.98 Å². The number of anilines is 1. The minimum atomic E-state index is -0.217. The third-order valence-electron chi connectivity index (χ3n) is 4.89. The van der Waals surface area contributed by atoms with Crippen molar-refractivity contribution in [3.63, 3.8) is 0 Å². The molecule has 0 saturated carbocycles. The zero-order chi connectivity index (χ0) is 20.6. The Labute approximate surface area is 178 Å². The Kier molecular flexibility index (Phi) is 7.74. The second kappa shape index (κ2) is 10.5. The molecule has 3 heterocycles. The summed E-state index contributed by atoms with van der Waals surface area (Å²) in [4.78, 5) is 35.4. The largest absolute Gasteiger partial charge is 0.342 e. The Bertz CT molecular complexity index is 824.